The average Bonchev–Trinajstić information content (AvgIpc) is 2.91. The lowest BCUT2D eigenvalue weighted by atomic mass is 10.2. The molecule has 0 aromatic carbocycles. The first kappa shape index (κ1) is 13.2. The lowest BCUT2D eigenvalue weighted by Crippen LogP contribution is -2.09. The molecule has 6 heteroatoms. The number of pyridine rings is 1. The van der Waals surface area contributed by atoms with Crippen LogP contribution in [0.1, 0.15) is 23.0 Å². The first-order valence-electron chi connectivity index (χ1n) is 6.63. The number of carbonyl (C=O) groups excluding carboxylic acids is 1. The summed E-state index contributed by atoms with van der Waals surface area (Å²) in [5.41, 5.74) is 3.21. The zero-order valence-corrected chi connectivity index (χ0v) is 11.8. The summed E-state index contributed by atoms with van der Waals surface area (Å²) in [6, 6.07) is 5.43. The van der Waals surface area contributed by atoms with Crippen LogP contribution >= 0.6 is 0 Å². The van der Waals surface area contributed by atoms with Gasteiger partial charge in [0, 0.05) is 18.0 Å². The number of fused-ring (bicyclic) bond motifs is 1. The summed E-state index contributed by atoms with van der Waals surface area (Å²) in [6.45, 7) is 3.92. The van der Waals surface area contributed by atoms with Crippen LogP contribution in [0.5, 0.6) is 0 Å². The summed E-state index contributed by atoms with van der Waals surface area (Å²) in [4.78, 5) is 20.6. The number of carbonyl (C=O) groups is 1. The molecule has 0 saturated carbocycles. The van der Waals surface area contributed by atoms with Crippen LogP contribution in [0.2, 0.25) is 0 Å². The molecule has 0 bridgehead atoms. The molecule has 0 amide bonds. The molecule has 0 radical (unpaired) electrons. The van der Waals surface area contributed by atoms with Crippen LogP contribution in [-0.2, 0) is 4.74 Å². The Hall–Kier alpha value is -2.76. The smallest absolute Gasteiger partial charge is 0.342 e. The standard InChI is InChI=1S/C15H14N4O2/c1-3-21-15(20)12-7-10(2)18-19-9-13(17-14(12)19)11-5-4-6-16-8-11/h4-9H,3H2,1-2H3. The fourth-order valence-corrected chi connectivity index (χ4v) is 2.12. The van der Waals surface area contributed by atoms with E-state index in [-0.39, 0.29) is 0 Å². The topological polar surface area (TPSA) is 69.4 Å². The van der Waals surface area contributed by atoms with Gasteiger partial charge in [-0.1, -0.05) is 0 Å². The number of aryl methyl sites for hydroxylation is 1. The third kappa shape index (κ3) is 2.47. The van der Waals surface area contributed by atoms with E-state index >= 15 is 0 Å². The van der Waals surface area contributed by atoms with Crippen LogP contribution in [0.25, 0.3) is 16.9 Å². The van der Waals surface area contributed by atoms with Gasteiger partial charge in [-0.15, -0.1) is 0 Å². The number of nitrogens with zero attached hydrogens (tertiary/aromatic N) is 4. The molecule has 0 fully saturated rings. The summed E-state index contributed by atoms with van der Waals surface area (Å²) < 4.78 is 6.67. The van der Waals surface area contributed by atoms with Crippen LogP contribution in [0.15, 0.2) is 36.8 Å². The average molecular weight is 282 g/mol. The van der Waals surface area contributed by atoms with E-state index in [0.717, 1.165) is 11.3 Å². The Morgan fingerprint density at radius 1 is 1.43 bits per heavy atom. The van der Waals surface area contributed by atoms with Crippen LogP contribution in [0, 0.1) is 6.92 Å². The van der Waals surface area contributed by atoms with Crippen LogP contribution in [0.4, 0.5) is 0 Å². The minimum atomic E-state index is -0.392. The second kappa shape index (κ2) is 5.32. The summed E-state index contributed by atoms with van der Waals surface area (Å²) in [6.07, 6.45) is 5.20. The Morgan fingerprint density at radius 3 is 3.00 bits per heavy atom. The van der Waals surface area contributed by atoms with Crippen molar-refractivity contribution in [1.82, 2.24) is 19.6 Å². The normalized spacial score (nSPS) is 10.8. The lowest BCUT2D eigenvalue weighted by molar-refractivity contribution is 0.0527. The van der Waals surface area contributed by atoms with Crippen molar-refractivity contribution in [1.29, 1.82) is 0 Å². The molecule has 0 N–H and O–H groups in total. The van der Waals surface area contributed by atoms with Crippen molar-refractivity contribution in [2.45, 2.75) is 13.8 Å². The predicted octanol–water partition coefficient (Wildman–Crippen LogP) is 2.28. The Kier molecular flexibility index (Phi) is 3.35. The number of hydrogen-bond donors (Lipinski definition) is 0. The number of rotatable bonds is 3. The number of esters is 1. The van der Waals surface area contributed by atoms with E-state index in [1.807, 2.05) is 19.1 Å². The molecule has 0 aliphatic carbocycles. The van der Waals surface area contributed by atoms with Crippen molar-refractivity contribution >= 4 is 11.6 Å². The minimum Gasteiger partial charge on any atom is -0.462 e. The van der Waals surface area contributed by atoms with Gasteiger partial charge in [-0.25, -0.2) is 14.3 Å². The molecule has 21 heavy (non-hydrogen) atoms. The maximum absolute atomic E-state index is 12.0. The highest BCUT2D eigenvalue weighted by Gasteiger charge is 2.16. The van der Waals surface area contributed by atoms with Gasteiger partial charge in [-0.05, 0) is 32.0 Å². The highest BCUT2D eigenvalue weighted by Crippen LogP contribution is 2.20. The van der Waals surface area contributed by atoms with E-state index in [1.165, 1.54) is 0 Å². The molecule has 0 spiro atoms. The summed E-state index contributed by atoms with van der Waals surface area (Å²) in [5, 5.41) is 4.35. The highest BCUT2D eigenvalue weighted by atomic mass is 16.5. The maximum Gasteiger partial charge on any atom is 0.342 e. The second-order valence-corrected chi connectivity index (χ2v) is 4.56. The van der Waals surface area contributed by atoms with Gasteiger partial charge in [0.2, 0.25) is 0 Å². The van der Waals surface area contributed by atoms with E-state index < -0.39 is 5.97 Å². The van der Waals surface area contributed by atoms with Gasteiger partial charge in [0.25, 0.3) is 0 Å². The van der Waals surface area contributed by atoms with Crippen LogP contribution in [-0.4, -0.2) is 32.2 Å². The molecule has 3 rings (SSSR count). The van der Waals surface area contributed by atoms with Gasteiger partial charge >= 0.3 is 5.97 Å². The summed E-state index contributed by atoms with van der Waals surface area (Å²) in [7, 11) is 0. The SMILES string of the molecule is CCOC(=O)c1cc(C)nn2cc(-c3cccnc3)nc12. The Labute approximate surface area is 121 Å². The van der Waals surface area contributed by atoms with E-state index in [4.69, 9.17) is 4.74 Å². The summed E-state index contributed by atoms with van der Waals surface area (Å²) in [5.74, 6) is -0.392. The Bertz CT molecular complexity index is 796. The predicted molar refractivity (Wildman–Crippen MR) is 76.9 cm³/mol. The van der Waals surface area contributed by atoms with Crippen molar-refractivity contribution in [2.75, 3.05) is 6.61 Å². The molecule has 3 heterocycles. The molecule has 106 valence electrons. The monoisotopic (exact) mass is 282 g/mol. The molecular weight excluding hydrogens is 268 g/mol. The van der Waals surface area contributed by atoms with E-state index in [1.54, 1.807) is 36.1 Å². The second-order valence-electron chi connectivity index (χ2n) is 4.56. The summed E-state index contributed by atoms with van der Waals surface area (Å²) >= 11 is 0. The number of ether oxygens (including phenoxy) is 1. The van der Waals surface area contributed by atoms with Gasteiger partial charge in [-0.3, -0.25) is 4.98 Å². The molecule has 6 nitrogen and oxygen atoms in total. The van der Waals surface area contributed by atoms with Gasteiger partial charge < -0.3 is 4.74 Å². The molecule has 0 unspecified atom stereocenters. The van der Waals surface area contributed by atoms with E-state index in [2.05, 4.69) is 15.1 Å². The van der Waals surface area contributed by atoms with Crippen molar-refractivity contribution in [3.8, 4) is 11.3 Å². The zero-order chi connectivity index (χ0) is 14.8. The fraction of sp³-hybridized carbons (Fsp3) is 0.200. The Morgan fingerprint density at radius 2 is 2.29 bits per heavy atom. The first-order chi connectivity index (χ1) is 10.2. The van der Waals surface area contributed by atoms with Crippen molar-refractivity contribution in [3.63, 3.8) is 0 Å². The van der Waals surface area contributed by atoms with Gasteiger partial charge in [0.15, 0.2) is 5.65 Å². The zero-order valence-electron chi connectivity index (χ0n) is 11.8. The van der Waals surface area contributed by atoms with E-state index in [0.29, 0.717) is 23.5 Å². The van der Waals surface area contributed by atoms with Crippen molar-refractivity contribution in [2.24, 2.45) is 0 Å². The number of imidazole rings is 1. The van der Waals surface area contributed by atoms with Crippen LogP contribution < -0.4 is 0 Å². The van der Waals surface area contributed by atoms with Gasteiger partial charge in [0.1, 0.15) is 5.56 Å². The molecular formula is C15H14N4O2. The third-order valence-electron chi connectivity index (χ3n) is 3.00. The van der Waals surface area contributed by atoms with Crippen molar-refractivity contribution < 1.29 is 9.53 Å². The van der Waals surface area contributed by atoms with Gasteiger partial charge in [0.05, 0.1) is 24.2 Å². The fourth-order valence-electron chi connectivity index (χ4n) is 2.12. The molecule has 0 aliphatic rings. The molecule has 0 aliphatic heterocycles. The molecule has 0 atom stereocenters. The minimum absolute atomic E-state index is 0.322. The number of aromatic nitrogens is 4. The van der Waals surface area contributed by atoms with E-state index in [9.17, 15) is 4.79 Å². The molecule has 3 aromatic rings. The number of hydrogen-bond acceptors (Lipinski definition) is 5. The lowest BCUT2D eigenvalue weighted by Gasteiger charge is -2.04. The van der Waals surface area contributed by atoms with Gasteiger partial charge in [-0.2, -0.15) is 5.10 Å². The molecule has 0 saturated heterocycles. The Balaban J connectivity index is 2.17. The van der Waals surface area contributed by atoms with Crippen molar-refractivity contribution in [3.05, 3.63) is 48.0 Å². The molecule has 3 aromatic heterocycles. The largest absolute Gasteiger partial charge is 0.462 e. The van der Waals surface area contributed by atoms with Crippen LogP contribution in [0.3, 0.4) is 0 Å². The third-order valence-corrected chi connectivity index (χ3v) is 3.00. The highest BCUT2D eigenvalue weighted by molar-refractivity contribution is 5.96. The first-order valence-corrected chi connectivity index (χ1v) is 6.63. The maximum atomic E-state index is 12.0. The quantitative estimate of drug-likeness (QED) is 0.689.